The summed E-state index contributed by atoms with van der Waals surface area (Å²) in [6, 6.07) is 0. The van der Waals surface area contributed by atoms with Gasteiger partial charge < -0.3 is 10.6 Å². The van der Waals surface area contributed by atoms with Crippen LogP contribution in [-0.4, -0.2) is 26.9 Å². The van der Waals surface area contributed by atoms with Crippen LogP contribution in [0.1, 0.15) is 32.9 Å². The van der Waals surface area contributed by atoms with Gasteiger partial charge in [0.05, 0.1) is 6.54 Å². The van der Waals surface area contributed by atoms with E-state index in [9.17, 15) is 4.79 Å². The summed E-state index contributed by atoms with van der Waals surface area (Å²) in [5.41, 5.74) is 6.62. The van der Waals surface area contributed by atoms with E-state index in [1.165, 1.54) is 11.5 Å². The summed E-state index contributed by atoms with van der Waals surface area (Å²) in [5, 5.41) is 4.56. The number of likely N-dealkylation sites (tertiary alicyclic amines) is 1. The van der Waals surface area contributed by atoms with Gasteiger partial charge in [-0.1, -0.05) is 25.3 Å². The molecule has 1 aromatic heterocycles. The number of nitrogens with two attached hydrogens (primary N) is 1. The van der Waals surface area contributed by atoms with Gasteiger partial charge in [-0.2, -0.15) is 0 Å². The van der Waals surface area contributed by atoms with E-state index in [1.54, 1.807) is 0 Å². The fourth-order valence-corrected chi connectivity index (χ4v) is 2.45. The van der Waals surface area contributed by atoms with E-state index in [-0.39, 0.29) is 11.3 Å². The van der Waals surface area contributed by atoms with Crippen molar-refractivity contribution in [2.45, 2.75) is 33.7 Å². The molecule has 0 radical (unpaired) electrons. The molecule has 0 saturated carbocycles. The fraction of sp³-hybridized carbons (Fsp3) is 0.727. The normalized spacial score (nSPS) is 21.2. The van der Waals surface area contributed by atoms with Crippen LogP contribution >= 0.6 is 11.5 Å². The molecule has 94 valence electrons. The summed E-state index contributed by atoms with van der Waals surface area (Å²) in [6.45, 7) is 7.81. The lowest BCUT2D eigenvalue weighted by Crippen LogP contribution is -2.27. The second-order valence-electron chi connectivity index (χ2n) is 5.63. The van der Waals surface area contributed by atoms with Crippen LogP contribution in [-0.2, 0) is 11.3 Å². The molecule has 17 heavy (non-hydrogen) atoms. The number of hydrogen-bond donors (Lipinski definition) is 1. The first kappa shape index (κ1) is 12.3. The fourth-order valence-electron chi connectivity index (χ4n) is 2.01. The third-order valence-electron chi connectivity index (χ3n) is 3.37. The largest absolute Gasteiger partial charge is 0.388 e. The Kier molecular flexibility index (Phi) is 3.07. The van der Waals surface area contributed by atoms with Gasteiger partial charge >= 0.3 is 0 Å². The molecule has 1 unspecified atom stereocenters. The Labute approximate surface area is 105 Å². The highest BCUT2D eigenvalue weighted by Crippen LogP contribution is 2.35. The smallest absolute Gasteiger partial charge is 0.223 e. The minimum atomic E-state index is 0.163. The van der Waals surface area contributed by atoms with E-state index < -0.39 is 0 Å². The van der Waals surface area contributed by atoms with Crippen LogP contribution in [0.15, 0.2) is 0 Å². The quantitative estimate of drug-likeness (QED) is 0.868. The highest BCUT2D eigenvalue weighted by Gasteiger charge is 2.37. The Hall–Kier alpha value is -1.17. The third-order valence-corrected chi connectivity index (χ3v) is 3.96. The zero-order chi connectivity index (χ0) is 12.6. The van der Waals surface area contributed by atoms with Gasteiger partial charge in [-0.3, -0.25) is 4.79 Å². The lowest BCUT2D eigenvalue weighted by molar-refractivity contribution is -0.128. The van der Waals surface area contributed by atoms with E-state index in [0.29, 0.717) is 23.9 Å². The van der Waals surface area contributed by atoms with E-state index >= 15 is 0 Å². The molecule has 6 heteroatoms. The first-order valence-electron chi connectivity index (χ1n) is 5.72. The van der Waals surface area contributed by atoms with Crippen molar-refractivity contribution in [3.05, 3.63) is 5.69 Å². The topological polar surface area (TPSA) is 72.1 Å². The predicted octanol–water partition coefficient (Wildman–Crippen LogP) is 1.51. The van der Waals surface area contributed by atoms with E-state index in [2.05, 4.69) is 30.4 Å². The number of aromatic nitrogens is 2. The van der Waals surface area contributed by atoms with Crippen LogP contribution in [0.3, 0.4) is 0 Å². The third kappa shape index (κ3) is 2.57. The molecule has 0 aromatic carbocycles. The molecule has 0 bridgehead atoms. The molecule has 0 spiro atoms. The average molecular weight is 254 g/mol. The molecule has 1 atom stereocenters. The van der Waals surface area contributed by atoms with Gasteiger partial charge in [0.15, 0.2) is 0 Å². The van der Waals surface area contributed by atoms with Crippen molar-refractivity contribution in [2.75, 3.05) is 12.3 Å². The molecule has 5 nitrogen and oxygen atoms in total. The highest BCUT2D eigenvalue weighted by molar-refractivity contribution is 7.09. The molecule has 2 rings (SSSR count). The van der Waals surface area contributed by atoms with Crippen molar-refractivity contribution in [2.24, 2.45) is 11.3 Å². The lowest BCUT2D eigenvalue weighted by atomic mass is 9.80. The standard InChI is InChI=1S/C11H18N4OS/c1-11(2,3)7-4-9(16)15(5-7)6-8-10(12)17-14-13-8/h7H,4-6,12H2,1-3H3. The first-order chi connectivity index (χ1) is 7.88. The van der Waals surface area contributed by atoms with Crippen LogP contribution in [0.4, 0.5) is 5.00 Å². The molecular formula is C11H18N4OS. The van der Waals surface area contributed by atoms with Crippen molar-refractivity contribution >= 4 is 22.4 Å². The van der Waals surface area contributed by atoms with Crippen LogP contribution in [0.2, 0.25) is 0 Å². The molecule has 1 aromatic rings. The maximum Gasteiger partial charge on any atom is 0.223 e. The molecule has 2 heterocycles. The number of rotatable bonds is 2. The second-order valence-corrected chi connectivity index (χ2v) is 6.41. The maximum atomic E-state index is 11.9. The summed E-state index contributed by atoms with van der Waals surface area (Å²) in [4.78, 5) is 13.7. The number of nitrogens with zero attached hydrogens (tertiary/aromatic N) is 3. The average Bonchev–Trinajstić information content (AvgIpc) is 2.75. The van der Waals surface area contributed by atoms with Crippen LogP contribution < -0.4 is 5.73 Å². The summed E-state index contributed by atoms with van der Waals surface area (Å²) in [7, 11) is 0. The van der Waals surface area contributed by atoms with Gasteiger partial charge in [0.1, 0.15) is 10.7 Å². The Bertz CT molecular complexity index is 423. The summed E-state index contributed by atoms with van der Waals surface area (Å²) in [6.07, 6.45) is 0.626. The zero-order valence-corrected chi connectivity index (χ0v) is 11.3. The molecule has 1 fully saturated rings. The number of hydrogen-bond acceptors (Lipinski definition) is 5. The summed E-state index contributed by atoms with van der Waals surface area (Å²) < 4.78 is 3.79. The number of nitrogen functional groups attached to an aromatic ring is 1. The maximum absolute atomic E-state index is 11.9. The van der Waals surface area contributed by atoms with Crippen molar-refractivity contribution < 1.29 is 4.79 Å². The van der Waals surface area contributed by atoms with Gasteiger partial charge in [-0.15, -0.1) is 5.10 Å². The van der Waals surface area contributed by atoms with Gasteiger partial charge in [0.25, 0.3) is 0 Å². The van der Waals surface area contributed by atoms with E-state index in [4.69, 9.17) is 5.73 Å². The molecule has 1 amide bonds. The van der Waals surface area contributed by atoms with Crippen LogP contribution in [0.5, 0.6) is 0 Å². The molecule has 1 aliphatic heterocycles. The predicted molar refractivity (Wildman–Crippen MR) is 67.3 cm³/mol. The lowest BCUT2D eigenvalue weighted by Gasteiger charge is -2.26. The van der Waals surface area contributed by atoms with Crippen molar-refractivity contribution in [1.29, 1.82) is 0 Å². The molecule has 1 saturated heterocycles. The zero-order valence-electron chi connectivity index (χ0n) is 10.4. The highest BCUT2D eigenvalue weighted by atomic mass is 32.1. The Balaban J connectivity index is 2.05. The second kappa shape index (κ2) is 4.25. The Morgan fingerprint density at radius 3 is 2.71 bits per heavy atom. The van der Waals surface area contributed by atoms with Gasteiger partial charge in [0.2, 0.25) is 5.91 Å². The molecule has 1 aliphatic rings. The number of anilines is 1. The van der Waals surface area contributed by atoms with Crippen molar-refractivity contribution in [1.82, 2.24) is 14.5 Å². The molecule has 0 aliphatic carbocycles. The van der Waals surface area contributed by atoms with Crippen molar-refractivity contribution in [3.63, 3.8) is 0 Å². The van der Waals surface area contributed by atoms with E-state index in [0.717, 1.165) is 12.2 Å². The monoisotopic (exact) mass is 254 g/mol. The Morgan fingerprint density at radius 1 is 1.53 bits per heavy atom. The summed E-state index contributed by atoms with van der Waals surface area (Å²) >= 11 is 1.17. The number of amides is 1. The minimum absolute atomic E-state index is 0.163. The number of carbonyl (C=O) groups excluding carboxylic acids is 1. The number of carbonyl (C=O) groups is 1. The van der Waals surface area contributed by atoms with Gasteiger partial charge in [-0.05, 0) is 11.3 Å². The SMILES string of the molecule is CC(C)(C)C1CC(=O)N(Cc2nnsc2N)C1. The molecular weight excluding hydrogens is 236 g/mol. The van der Waals surface area contributed by atoms with Crippen LogP contribution in [0.25, 0.3) is 0 Å². The Morgan fingerprint density at radius 2 is 2.24 bits per heavy atom. The van der Waals surface area contributed by atoms with E-state index in [1.807, 2.05) is 4.90 Å². The van der Waals surface area contributed by atoms with Crippen LogP contribution in [0, 0.1) is 11.3 Å². The first-order valence-corrected chi connectivity index (χ1v) is 6.49. The minimum Gasteiger partial charge on any atom is -0.388 e. The molecule has 2 N–H and O–H groups in total. The van der Waals surface area contributed by atoms with Crippen molar-refractivity contribution in [3.8, 4) is 0 Å². The van der Waals surface area contributed by atoms with Gasteiger partial charge in [-0.25, -0.2) is 0 Å². The van der Waals surface area contributed by atoms with Gasteiger partial charge in [0, 0.05) is 24.5 Å². The summed E-state index contributed by atoms with van der Waals surface area (Å²) in [5.74, 6) is 0.597.